The van der Waals surface area contributed by atoms with Gasteiger partial charge in [-0.25, -0.2) is 4.90 Å². The average molecular weight is 505 g/mol. The summed E-state index contributed by atoms with van der Waals surface area (Å²) in [7, 11) is 1.61. The third-order valence-corrected chi connectivity index (χ3v) is 6.76. The average Bonchev–Trinajstić information content (AvgIpc) is 3.36. The van der Waals surface area contributed by atoms with Gasteiger partial charge < -0.3 is 14.0 Å². The molecule has 1 fully saturated rings. The van der Waals surface area contributed by atoms with Crippen LogP contribution in [0.4, 0.5) is 10.5 Å². The minimum atomic E-state index is -0.348. The fourth-order valence-corrected chi connectivity index (χ4v) is 4.95. The molecule has 0 radical (unpaired) electrons. The van der Waals surface area contributed by atoms with Crippen molar-refractivity contribution in [2.75, 3.05) is 18.6 Å². The van der Waals surface area contributed by atoms with Gasteiger partial charge in [0, 0.05) is 27.7 Å². The monoisotopic (exact) mass is 504 g/mol. The number of thioether (sulfide) groups is 1. The number of nitrogens with zero attached hydrogens (tertiary/aromatic N) is 2. The van der Waals surface area contributed by atoms with E-state index in [1.165, 1.54) is 4.90 Å². The molecule has 0 aliphatic carbocycles. The van der Waals surface area contributed by atoms with Crippen LogP contribution in [0.25, 0.3) is 17.0 Å². The number of aromatic nitrogens is 1. The molecule has 176 valence electrons. The maximum absolute atomic E-state index is 13.1. The van der Waals surface area contributed by atoms with E-state index in [1.54, 1.807) is 37.5 Å². The molecule has 1 saturated heterocycles. The number of fused-ring (bicyclic) bond motifs is 1. The zero-order valence-corrected chi connectivity index (χ0v) is 20.4. The lowest BCUT2D eigenvalue weighted by molar-refractivity contribution is -0.113. The Morgan fingerprint density at radius 3 is 2.43 bits per heavy atom. The summed E-state index contributed by atoms with van der Waals surface area (Å²) in [5, 5.41) is 1.19. The van der Waals surface area contributed by atoms with E-state index in [0.29, 0.717) is 40.3 Å². The third kappa shape index (κ3) is 4.65. The number of para-hydroxylation sites is 3. The number of carbonyl (C=O) groups is 2. The quantitative estimate of drug-likeness (QED) is 0.264. The van der Waals surface area contributed by atoms with Crippen LogP contribution in [-0.2, 0) is 11.3 Å². The zero-order valence-electron chi connectivity index (χ0n) is 18.8. The lowest BCUT2D eigenvalue weighted by atomic mass is 10.1. The highest BCUT2D eigenvalue weighted by Gasteiger charge is 2.36. The molecular weight excluding hydrogens is 484 g/mol. The van der Waals surface area contributed by atoms with E-state index >= 15 is 0 Å². The van der Waals surface area contributed by atoms with Crippen molar-refractivity contribution in [3.05, 3.63) is 94.5 Å². The maximum atomic E-state index is 13.1. The van der Waals surface area contributed by atoms with Gasteiger partial charge >= 0.3 is 0 Å². The molecule has 35 heavy (non-hydrogen) atoms. The van der Waals surface area contributed by atoms with Crippen LogP contribution in [0.15, 0.2) is 83.9 Å². The molecule has 6 nitrogen and oxygen atoms in total. The normalized spacial score (nSPS) is 14.8. The zero-order chi connectivity index (χ0) is 24.4. The first-order chi connectivity index (χ1) is 17.0. The van der Waals surface area contributed by atoms with Gasteiger partial charge in [-0.1, -0.05) is 41.9 Å². The Morgan fingerprint density at radius 2 is 1.66 bits per heavy atom. The molecule has 1 aliphatic heterocycles. The summed E-state index contributed by atoms with van der Waals surface area (Å²) < 4.78 is 13.4. The number of anilines is 1. The van der Waals surface area contributed by atoms with Crippen molar-refractivity contribution in [1.82, 2.24) is 4.57 Å². The van der Waals surface area contributed by atoms with Crippen molar-refractivity contribution in [3.8, 4) is 11.5 Å². The number of ether oxygens (including phenoxy) is 2. The van der Waals surface area contributed by atoms with E-state index in [4.69, 9.17) is 21.1 Å². The smallest absolute Gasteiger partial charge is 0.298 e. The number of amides is 2. The number of rotatable bonds is 7. The minimum absolute atomic E-state index is 0.336. The van der Waals surface area contributed by atoms with Gasteiger partial charge in [-0.05, 0) is 60.3 Å². The van der Waals surface area contributed by atoms with Gasteiger partial charge in [0.1, 0.15) is 6.61 Å². The molecule has 8 heteroatoms. The van der Waals surface area contributed by atoms with E-state index in [0.717, 1.165) is 28.2 Å². The second-order valence-corrected chi connectivity index (χ2v) is 9.22. The summed E-state index contributed by atoms with van der Waals surface area (Å²) in [4.78, 5) is 27.3. The van der Waals surface area contributed by atoms with Crippen molar-refractivity contribution < 1.29 is 19.1 Å². The van der Waals surface area contributed by atoms with Crippen molar-refractivity contribution in [2.45, 2.75) is 6.54 Å². The SMILES string of the molecule is COc1ccccc1OCCn1cc(/C=C2\SC(=O)N(c3ccc(Cl)cc3)C2=O)c2ccccc21. The molecule has 2 amide bonds. The van der Waals surface area contributed by atoms with Gasteiger partial charge in [0.25, 0.3) is 11.1 Å². The molecule has 0 saturated carbocycles. The van der Waals surface area contributed by atoms with E-state index in [1.807, 2.05) is 54.7 Å². The van der Waals surface area contributed by atoms with Crippen molar-refractivity contribution in [2.24, 2.45) is 0 Å². The van der Waals surface area contributed by atoms with Gasteiger partial charge in [-0.3, -0.25) is 9.59 Å². The van der Waals surface area contributed by atoms with Gasteiger partial charge in [-0.15, -0.1) is 0 Å². The molecule has 0 spiro atoms. The molecule has 3 aromatic carbocycles. The first-order valence-electron chi connectivity index (χ1n) is 10.9. The Hall–Kier alpha value is -3.68. The molecule has 0 unspecified atom stereocenters. The molecular formula is C27H21ClN2O4S. The first kappa shape index (κ1) is 23.1. The van der Waals surface area contributed by atoms with Crippen LogP contribution in [0.3, 0.4) is 0 Å². The molecule has 0 atom stereocenters. The van der Waals surface area contributed by atoms with E-state index in [9.17, 15) is 9.59 Å². The minimum Gasteiger partial charge on any atom is -0.493 e. The van der Waals surface area contributed by atoms with Gasteiger partial charge in [0.05, 0.1) is 24.2 Å². The molecule has 0 bridgehead atoms. The Morgan fingerprint density at radius 1 is 0.943 bits per heavy atom. The highest BCUT2D eigenvalue weighted by atomic mass is 35.5. The van der Waals surface area contributed by atoms with Crippen molar-refractivity contribution in [1.29, 1.82) is 0 Å². The lowest BCUT2D eigenvalue weighted by Gasteiger charge is -2.12. The summed E-state index contributed by atoms with van der Waals surface area (Å²) in [6.45, 7) is 1.03. The van der Waals surface area contributed by atoms with Crippen LogP contribution in [0.2, 0.25) is 5.02 Å². The highest BCUT2D eigenvalue weighted by molar-refractivity contribution is 8.19. The Kier molecular flexibility index (Phi) is 6.53. The second-order valence-electron chi connectivity index (χ2n) is 7.79. The van der Waals surface area contributed by atoms with E-state index in [2.05, 4.69) is 4.57 Å². The number of benzene rings is 3. The predicted octanol–water partition coefficient (Wildman–Crippen LogP) is 6.62. The number of methoxy groups -OCH3 is 1. The van der Waals surface area contributed by atoms with Gasteiger partial charge in [-0.2, -0.15) is 0 Å². The first-order valence-corrected chi connectivity index (χ1v) is 12.1. The predicted molar refractivity (Wildman–Crippen MR) is 140 cm³/mol. The number of hydrogen-bond acceptors (Lipinski definition) is 5. The van der Waals surface area contributed by atoms with Gasteiger partial charge in [0.2, 0.25) is 0 Å². The summed E-state index contributed by atoms with van der Waals surface area (Å²) in [5.74, 6) is 1.02. The number of carbonyl (C=O) groups excluding carboxylic acids is 2. The Balaban J connectivity index is 1.40. The fourth-order valence-electron chi connectivity index (χ4n) is 3.99. The fraction of sp³-hybridized carbons (Fsp3) is 0.111. The molecule has 1 aromatic heterocycles. The summed E-state index contributed by atoms with van der Waals surface area (Å²) >= 11 is 6.88. The lowest BCUT2D eigenvalue weighted by Crippen LogP contribution is -2.27. The Labute approximate surface area is 211 Å². The van der Waals surface area contributed by atoms with Crippen molar-refractivity contribution in [3.63, 3.8) is 0 Å². The van der Waals surface area contributed by atoms with Crippen molar-refractivity contribution >= 4 is 57.2 Å². The standard InChI is InChI=1S/C27H21ClN2O4S/c1-33-23-8-4-5-9-24(23)34-15-14-29-17-18(21-6-2-3-7-22(21)29)16-25-26(31)30(27(32)35-25)20-12-10-19(28)11-13-20/h2-13,16-17H,14-15H2,1H3/b25-16-. The summed E-state index contributed by atoms with van der Waals surface area (Å²) in [6, 6.07) is 22.1. The van der Waals surface area contributed by atoms with Crippen LogP contribution in [0.5, 0.6) is 11.5 Å². The van der Waals surface area contributed by atoms with Crippen LogP contribution < -0.4 is 14.4 Å². The molecule has 0 N–H and O–H groups in total. The third-order valence-electron chi connectivity index (χ3n) is 5.64. The van der Waals surface area contributed by atoms with Gasteiger partial charge in [0.15, 0.2) is 11.5 Å². The topological polar surface area (TPSA) is 60.8 Å². The Bertz CT molecular complexity index is 1450. The number of imide groups is 1. The summed E-state index contributed by atoms with van der Waals surface area (Å²) in [6.07, 6.45) is 3.76. The van der Waals surface area contributed by atoms with Crippen LogP contribution in [-0.4, -0.2) is 29.4 Å². The van der Waals surface area contributed by atoms with Crippen LogP contribution in [0, 0.1) is 0 Å². The molecule has 1 aliphatic rings. The largest absolute Gasteiger partial charge is 0.493 e. The summed E-state index contributed by atoms with van der Waals surface area (Å²) in [5.41, 5.74) is 2.37. The van der Waals surface area contributed by atoms with Crippen LogP contribution in [0.1, 0.15) is 5.56 Å². The van der Waals surface area contributed by atoms with Crippen LogP contribution >= 0.6 is 23.4 Å². The van der Waals surface area contributed by atoms with E-state index in [-0.39, 0.29) is 11.1 Å². The molecule has 2 heterocycles. The van der Waals surface area contributed by atoms with E-state index < -0.39 is 0 Å². The second kappa shape index (κ2) is 9.90. The number of hydrogen-bond donors (Lipinski definition) is 0. The maximum Gasteiger partial charge on any atom is 0.298 e. The number of halogens is 1. The highest BCUT2D eigenvalue weighted by Crippen LogP contribution is 2.37. The molecule has 5 rings (SSSR count). The molecule has 4 aromatic rings.